The van der Waals surface area contributed by atoms with Crippen molar-refractivity contribution in [2.45, 2.75) is 141 Å². The molecule has 10 heteroatoms. The standard InChI is InChI=1S/C38H58N2O8/c1-3-4-9-27(10-7-22-41)32(47-26(2)42)24-33(48-36(45)38-17-6-5-11-29(38)14-16-34(44)40-38)37(18-20-39-21-19-37)25-28-13-15-31(43)35-30(28)12-8-23-46-35/h13,15,27,29,32-33,39,41,43H,3-12,14,16-25H2,1-2H3,(H,40,44). The Labute approximate surface area is 286 Å². The van der Waals surface area contributed by atoms with Crippen LogP contribution in [0.3, 0.4) is 0 Å². The molecule has 268 valence electrons. The van der Waals surface area contributed by atoms with Crippen LogP contribution in [0.15, 0.2) is 12.1 Å². The molecule has 1 amide bonds. The number of hydrogen-bond donors (Lipinski definition) is 4. The molecule has 48 heavy (non-hydrogen) atoms. The van der Waals surface area contributed by atoms with E-state index in [2.05, 4.69) is 17.6 Å². The van der Waals surface area contributed by atoms with Crippen LogP contribution < -0.4 is 15.4 Å². The van der Waals surface area contributed by atoms with Crippen molar-refractivity contribution in [3.8, 4) is 11.5 Å². The van der Waals surface area contributed by atoms with Crippen LogP contribution in [0, 0.1) is 17.3 Å². The van der Waals surface area contributed by atoms with E-state index in [1.807, 2.05) is 6.07 Å². The zero-order chi connectivity index (χ0) is 34.1. The summed E-state index contributed by atoms with van der Waals surface area (Å²) in [5.41, 5.74) is 0.556. The fourth-order valence-corrected chi connectivity index (χ4v) is 9.09. The molecule has 1 aliphatic carbocycles. The van der Waals surface area contributed by atoms with Gasteiger partial charge in [0.05, 0.1) is 6.61 Å². The van der Waals surface area contributed by atoms with Gasteiger partial charge in [-0.25, -0.2) is 4.79 Å². The molecule has 0 aromatic heterocycles. The molecule has 0 bridgehead atoms. The predicted molar refractivity (Wildman–Crippen MR) is 182 cm³/mol. The van der Waals surface area contributed by atoms with Gasteiger partial charge in [0.15, 0.2) is 11.5 Å². The number of hydrogen-bond acceptors (Lipinski definition) is 9. The SMILES string of the molecule is CCCCC(CCCO)C(CC(OC(=O)C12CCCCC1CCC(=O)N2)C1(Cc2ccc(O)c3c2CCCO3)CCNCC1)OC(C)=O. The van der Waals surface area contributed by atoms with Gasteiger partial charge in [-0.1, -0.05) is 38.7 Å². The second kappa shape index (κ2) is 16.7. The number of ether oxygens (including phenoxy) is 3. The van der Waals surface area contributed by atoms with Crippen LogP contribution in [0.5, 0.6) is 11.5 Å². The molecule has 4 N–H and O–H groups in total. The summed E-state index contributed by atoms with van der Waals surface area (Å²) in [7, 11) is 0. The molecule has 5 unspecified atom stereocenters. The smallest absolute Gasteiger partial charge is 0.332 e. The van der Waals surface area contributed by atoms with Crippen LogP contribution in [0.1, 0.15) is 121 Å². The van der Waals surface area contributed by atoms with Crippen molar-refractivity contribution >= 4 is 17.8 Å². The Kier molecular flexibility index (Phi) is 12.7. The molecule has 3 heterocycles. The van der Waals surface area contributed by atoms with Crippen molar-refractivity contribution in [2.75, 3.05) is 26.3 Å². The third kappa shape index (κ3) is 8.29. The quantitative estimate of drug-likeness (QED) is 0.183. The number of phenols is 1. The van der Waals surface area contributed by atoms with Crippen molar-refractivity contribution in [3.63, 3.8) is 0 Å². The summed E-state index contributed by atoms with van der Waals surface area (Å²) in [6, 6.07) is 3.69. The molecule has 0 radical (unpaired) electrons. The third-order valence-corrected chi connectivity index (χ3v) is 11.7. The number of esters is 2. The first-order valence-corrected chi connectivity index (χ1v) is 18.7. The molecular weight excluding hydrogens is 612 g/mol. The van der Waals surface area contributed by atoms with Gasteiger partial charge in [0.25, 0.3) is 0 Å². The van der Waals surface area contributed by atoms with E-state index in [9.17, 15) is 24.6 Å². The third-order valence-electron chi connectivity index (χ3n) is 11.7. The van der Waals surface area contributed by atoms with Gasteiger partial charge < -0.3 is 35.1 Å². The maximum absolute atomic E-state index is 14.7. The number of aliphatic hydroxyl groups is 1. The first-order chi connectivity index (χ1) is 23.2. The molecule has 1 saturated carbocycles. The number of benzene rings is 1. The summed E-state index contributed by atoms with van der Waals surface area (Å²) in [5.74, 6) is -0.100. The first kappa shape index (κ1) is 36.4. The van der Waals surface area contributed by atoms with Crippen molar-refractivity contribution in [2.24, 2.45) is 17.3 Å². The van der Waals surface area contributed by atoms with Gasteiger partial charge in [-0.3, -0.25) is 9.59 Å². The Hall–Kier alpha value is -2.85. The van der Waals surface area contributed by atoms with E-state index in [0.717, 1.165) is 88.4 Å². The zero-order valence-electron chi connectivity index (χ0n) is 29.2. The maximum Gasteiger partial charge on any atom is 0.332 e. The summed E-state index contributed by atoms with van der Waals surface area (Å²) in [4.78, 5) is 40.2. The van der Waals surface area contributed by atoms with Gasteiger partial charge in [0.1, 0.15) is 17.7 Å². The van der Waals surface area contributed by atoms with E-state index in [0.29, 0.717) is 57.3 Å². The second-order valence-corrected chi connectivity index (χ2v) is 14.8. The molecule has 5 atom stereocenters. The molecule has 5 rings (SSSR count). The molecule has 10 nitrogen and oxygen atoms in total. The van der Waals surface area contributed by atoms with E-state index in [4.69, 9.17) is 14.2 Å². The Morgan fingerprint density at radius 1 is 1.04 bits per heavy atom. The summed E-state index contributed by atoms with van der Waals surface area (Å²) < 4.78 is 18.9. The van der Waals surface area contributed by atoms with Crippen LogP contribution >= 0.6 is 0 Å². The Morgan fingerprint density at radius 2 is 1.83 bits per heavy atom. The van der Waals surface area contributed by atoms with Crippen LogP contribution in [-0.2, 0) is 36.7 Å². The summed E-state index contributed by atoms with van der Waals surface area (Å²) in [6.45, 7) is 5.68. The molecule has 1 aromatic carbocycles. The number of carbonyl (C=O) groups excluding carboxylic acids is 3. The number of rotatable bonds is 15. The number of phenolic OH excluding ortho intramolecular Hbond substituents is 1. The van der Waals surface area contributed by atoms with Gasteiger partial charge in [0.2, 0.25) is 5.91 Å². The lowest BCUT2D eigenvalue weighted by atomic mass is 9.66. The minimum absolute atomic E-state index is 0.00535. The lowest BCUT2D eigenvalue weighted by Gasteiger charge is -2.49. The average molecular weight is 671 g/mol. The lowest BCUT2D eigenvalue weighted by Crippen LogP contribution is -2.65. The van der Waals surface area contributed by atoms with Gasteiger partial charge in [-0.15, -0.1) is 0 Å². The second-order valence-electron chi connectivity index (χ2n) is 14.8. The molecule has 0 spiro atoms. The van der Waals surface area contributed by atoms with Crippen LogP contribution in [-0.4, -0.2) is 72.1 Å². The Morgan fingerprint density at radius 3 is 2.58 bits per heavy atom. The Balaban J connectivity index is 1.56. The first-order valence-electron chi connectivity index (χ1n) is 18.7. The highest BCUT2D eigenvalue weighted by Gasteiger charge is 2.54. The zero-order valence-corrected chi connectivity index (χ0v) is 29.2. The largest absolute Gasteiger partial charge is 0.504 e. The van der Waals surface area contributed by atoms with Crippen molar-refractivity contribution in [1.29, 1.82) is 0 Å². The van der Waals surface area contributed by atoms with Crippen molar-refractivity contribution in [1.82, 2.24) is 10.6 Å². The Bertz CT molecular complexity index is 1260. The van der Waals surface area contributed by atoms with E-state index < -0.39 is 23.2 Å². The average Bonchev–Trinajstić information content (AvgIpc) is 3.09. The van der Waals surface area contributed by atoms with Gasteiger partial charge in [-0.2, -0.15) is 0 Å². The molecule has 2 saturated heterocycles. The van der Waals surface area contributed by atoms with E-state index in [-0.39, 0.29) is 42.0 Å². The molecule has 4 aliphatic rings. The number of unbranched alkanes of at least 4 members (excludes halogenated alkanes) is 1. The summed E-state index contributed by atoms with van der Waals surface area (Å²) in [6.07, 6.45) is 11.5. The van der Waals surface area contributed by atoms with E-state index in [1.165, 1.54) is 6.92 Å². The van der Waals surface area contributed by atoms with Gasteiger partial charge >= 0.3 is 11.9 Å². The summed E-state index contributed by atoms with van der Waals surface area (Å²) in [5, 5.41) is 27.1. The normalized spacial score (nSPS) is 25.3. The lowest BCUT2D eigenvalue weighted by molar-refractivity contribution is -0.179. The van der Waals surface area contributed by atoms with E-state index >= 15 is 0 Å². The molecule has 3 aliphatic heterocycles. The topological polar surface area (TPSA) is 143 Å². The summed E-state index contributed by atoms with van der Waals surface area (Å²) >= 11 is 0. The molecular formula is C38H58N2O8. The number of fused-ring (bicyclic) bond motifs is 2. The minimum atomic E-state index is -1.04. The number of amides is 1. The fraction of sp³-hybridized carbons (Fsp3) is 0.763. The number of piperidine rings is 2. The highest BCUT2D eigenvalue weighted by Crippen LogP contribution is 2.47. The van der Waals surface area contributed by atoms with Crippen molar-refractivity contribution < 1.29 is 38.8 Å². The van der Waals surface area contributed by atoms with Crippen molar-refractivity contribution in [3.05, 3.63) is 23.3 Å². The predicted octanol–water partition coefficient (Wildman–Crippen LogP) is 5.28. The monoisotopic (exact) mass is 670 g/mol. The highest BCUT2D eigenvalue weighted by atomic mass is 16.6. The highest BCUT2D eigenvalue weighted by molar-refractivity contribution is 5.90. The van der Waals surface area contributed by atoms with Crippen LogP contribution in [0.4, 0.5) is 0 Å². The number of nitrogens with one attached hydrogen (secondary N) is 2. The molecule has 3 fully saturated rings. The number of aliphatic hydroxyl groups excluding tert-OH is 1. The number of carbonyl (C=O) groups is 3. The minimum Gasteiger partial charge on any atom is -0.504 e. The van der Waals surface area contributed by atoms with E-state index in [1.54, 1.807) is 6.07 Å². The van der Waals surface area contributed by atoms with Crippen LogP contribution in [0.2, 0.25) is 0 Å². The maximum atomic E-state index is 14.7. The van der Waals surface area contributed by atoms with Crippen LogP contribution in [0.25, 0.3) is 0 Å². The number of aromatic hydroxyl groups is 1. The fourth-order valence-electron chi connectivity index (χ4n) is 9.09. The van der Waals surface area contributed by atoms with Gasteiger partial charge in [0, 0.05) is 37.4 Å². The van der Waals surface area contributed by atoms with Gasteiger partial charge in [-0.05, 0) is 107 Å². The molecule has 1 aromatic rings.